The largest absolute Gasteiger partial charge is 0.386 e. The molecule has 512 valence electrons. The molecule has 26 heteroatoms. The van der Waals surface area contributed by atoms with Gasteiger partial charge in [-0.2, -0.15) is 8.42 Å². The molecule has 0 unspecified atom stereocenters. The standard InChI is InChI=1S/C67H94N6O17S3/c1-13-46(6)61(56(89-11)39-58(75)73-36-17-21-55(73)64(90-12)47(7)65(79)69-48(8)62(77)49-19-15-14-16-20-49)71(10)59(76)40-68-66(80)60(43(2)3)70(9)57(74)34-37-72(35-18-38-93(86,87)88)67(81)51-28-26-50(27-29-51)63(78)52(41-91(82,83)53-30-22-44(4)23-31-53)42-92(84,85)54-32-24-45(5)25-33-54/h14-16,19-20,22-33,43,46-48,52,55-56,60-62,64,77H,13,17-18,21,34-42H2,1-12H3,(H,68,80)(H,69,79)(H,86,87,88)/t46-,47+,48+,55-,56+,60-,61-,62+,64+/m0/s1. The molecule has 0 radical (unpaired) electrons. The Morgan fingerprint density at radius 1 is 0.699 bits per heavy atom. The molecule has 4 aromatic rings. The lowest BCUT2D eigenvalue weighted by Gasteiger charge is -2.39. The Morgan fingerprint density at radius 2 is 1.25 bits per heavy atom. The fourth-order valence-electron chi connectivity index (χ4n) is 11.9. The summed E-state index contributed by atoms with van der Waals surface area (Å²) in [5, 5.41) is 16.5. The Hall–Kier alpha value is -6.94. The summed E-state index contributed by atoms with van der Waals surface area (Å²) in [5.74, 6) is -9.42. The number of ketones is 1. The van der Waals surface area contributed by atoms with Crippen LogP contribution in [0.5, 0.6) is 0 Å². The summed E-state index contributed by atoms with van der Waals surface area (Å²) in [6.07, 6.45) is -1.41. The number of amides is 6. The summed E-state index contributed by atoms with van der Waals surface area (Å²) in [6, 6.07) is 22.9. The number of carbonyl (C=O) groups is 7. The lowest BCUT2D eigenvalue weighted by atomic mass is 9.90. The Balaban J connectivity index is 1.25. The molecule has 1 aliphatic heterocycles. The van der Waals surface area contributed by atoms with E-state index in [1.54, 1.807) is 102 Å². The fourth-order valence-corrected chi connectivity index (χ4v) is 15.7. The smallest absolute Gasteiger partial charge is 0.264 e. The van der Waals surface area contributed by atoms with E-state index in [1.165, 1.54) is 79.6 Å². The van der Waals surface area contributed by atoms with Crippen LogP contribution in [0.1, 0.15) is 124 Å². The van der Waals surface area contributed by atoms with Crippen molar-refractivity contribution in [1.82, 2.24) is 30.2 Å². The van der Waals surface area contributed by atoms with Crippen LogP contribution in [0.3, 0.4) is 0 Å². The van der Waals surface area contributed by atoms with Crippen LogP contribution in [0.2, 0.25) is 0 Å². The minimum atomic E-state index is -4.49. The summed E-state index contributed by atoms with van der Waals surface area (Å²) in [4.78, 5) is 104. The van der Waals surface area contributed by atoms with Gasteiger partial charge in [-0.15, -0.1) is 0 Å². The molecule has 4 N–H and O–H groups in total. The average Bonchev–Trinajstić information content (AvgIpc) is 1.69. The molecule has 5 rings (SSSR count). The highest BCUT2D eigenvalue weighted by Gasteiger charge is 2.43. The van der Waals surface area contributed by atoms with E-state index in [4.69, 9.17) is 9.47 Å². The van der Waals surface area contributed by atoms with Gasteiger partial charge in [0.25, 0.3) is 16.0 Å². The van der Waals surface area contributed by atoms with Gasteiger partial charge < -0.3 is 44.8 Å². The van der Waals surface area contributed by atoms with Crippen LogP contribution in [0.25, 0.3) is 0 Å². The molecule has 0 saturated carbocycles. The van der Waals surface area contributed by atoms with Crippen molar-refractivity contribution in [3.63, 3.8) is 0 Å². The van der Waals surface area contributed by atoms with Crippen LogP contribution in [0, 0.1) is 37.5 Å². The first-order chi connectivity index (χ1) is 43.7. The van der Waals surface area contributed by atoms with Crippen molar-refractivity contribution in [3.8, 4) is 0 Å². The van der Waals surface area contributed by atoms with Gasteiger partial charge in [0.1, 0.15) is 6.04 Å². The predicted octanol–water partition coefficient (Wildman–Crippen LogP) is 5.92. The van der Waals surface area contributed by atoms with Crippen LogP contribution in [0.15, 0.2) is 113 Å². The second-order valence-electron chi connectivity index (χ2n) is 24.7. The van der Waals surface area contributed by atoms with Gasteiger partial charge in [0.2, 0.25) is 29.5 Å². The van der Waals surface area contributed by atoms with Gasteiger partial charge in [-0.05, 0) is 93.8 Å². The number of likely N-dealkylation sites (tertiary alicyclic amines) is 1. The average molecular weight is 1350 g/mol. The number of nitrogens with one attached hydrogen (secondary N) is 2. The molecule has 0 aliphatic carbocycles. The number of aryl methyl sites for hydroxylation is 2. The number of carbonyl (C=O) groups excluding carboxylic acids is 7. The first-order valence-electron chi connectivity index (χ1n) is 31.3. The predicted molar refractivity (Wildman–Crippen MR) is 352 cm³/mol. The molecule has 1 fully saturated rings. The van der Waals surface area contributed by atoms with E-state index in [1.807, 2.05) is 19.9 Å². The molecule has 1 heterocycles. The van der Waals surface area contributed by atoms with Crippen molar-refractivity contribution in [1.29, 1.82) is 0 Å². The molecule has 0 aromatic heterocycles. The van der Waals surface area contributed by atoms with Crippen LogP contribution in [0.4, 0.5) is 0 Å². The number of methoxy groups -OCH3 is 2. The lowest BCUT2D eigenvalue weighted by molar-refractivity contribution is -0.146. The Bertz CT molecular complexity index is 3460. The van der Waals surface area contributed by atoms with E-state index < -0.39 is 143 Å². The number of aliphatic hydroxyl groups is 1. The quantitative estimate of drug-likeness (QED) is 0.0307. The van der Waals surface area contributed by atoms with Crippen molar-refractivity contribution in [2.75, 3.05) is 71.8 Å². The molecule has 1 saturated heterocycles. The topological polar surface area (TPSA) is 318 Å². The van der Waals surface area contributed by atoms with E-state index in [0.29, 0.717) is 31.4 Å². The molecular formula is C67H94N6O17S3. The van der Waals surface area contributed by atoms with Gasteiger partial charge >= 0.3 is 0 Å². The fraction of sp³-hybridized carbons (Fsp3) is 0.537. The van der Waals surface area contributed by atoms with Crippen LogP contribution in [-0.4, -0.2) is 204 Å². The third kappa shape index (κ3) is 21.3. The summed E-state index contributed by atoms with van der Waals surface area (Å²) in [7, 11) is -7.03. The molecule has 0 bridgehead atoms. The molecule has 4 aromatic carbocycles. The summed E-state index contributed by atoms with van der Waals surface area (Å²) < 4.78 is 100.0. The van der Waals surface area contributed by atoms with Crippen molar-refractivity contribution in [2.24, 2.45) is 23.7 Å². The van der Waals surface area contributed by atoms with E-state index >= 15 is 0 Å². The molecule has 93 heavy (non-hydrogen) atoms. The number of sulfone groups is 2. The van der Waals surface area contributed by atoms with Gasteiger partial charge in [-0.3, -0.25) is 38.1 Å². The first-order valence-corrected chi connectivity index (χ1v) is 36.2. The van der Waals surface area contributed by atoms with E-state index in [0.717, 1.165) is 16.0 Å². The van der Waals surface area contributed by atoms with Crippen molar-refractivity contribution < 1.29 is 77.9 Å². The van der Waals surface area contributed by atoms with Gasteiger partial charge in [0.15, 0.2) is 25.5 Å². The van der Waals surface area contributed by atoms with E-state index in [9.17, 15) is 68.5 Å². The number of likely N-dealkylation sites (N-methyl/N-ethyl adjacent to an activating group) is 2. The monoisotopic (exact) mass is 1350 g/mol. The summed E-state index contributed by atoms with van der Waals surface area (Å²) in [5.41, 5.74) is 2.06. The molecular weight excluding hydrogens is 1260 g/mol. The highest BCUT2D eigenvalue weighted by molar-refractivity contribution is 7.92. The summed E-state index contributed by atoms with van der Waals surface area (Å²) >= 11 is 0. The zero-order chi connectivity index (χ0) is 69.3. The minimum absolute atomic E-state index is 0.0417. The molecule has 1 aliphatic rings. The molecule has 9 atom stereocenters. The number of ether oxygens (including phenoxy) is 2. The second-order valence-corrected chi connectivity index (χ2v) is 30.4. The van der Waals surface area contributed by atoms with Gasteiger partial charge in [-0.1, -0.05) is 119 Å². The second kappa shape index (κ2) is 34.5. The maximum Gasteiger partial charge on any atom is 0.264 e. The molecule has 23 nitrogen and oxygen atoms in total. The number of rotatable bonds is 35. The summed E-state index contributed by atoms with van der Waals surface area (Å²) in [6.45, 7) is 13.5. The van der Waals surface area contributed by atoms with E-state index in [2.05, 4.69) is 10.6 Å². The first kappa shape index (κ1) is 76.8. The molecule has 6 amide bonds. The Labute approximate surface area is 548 Å². The number of benzene rings is 4. The van der Waals surface area contributed by atoms with Crippen LogP contribution < -0.4 is 10.6 Å². The van der Waals surface area contributed by atoms with E-state index in [-0.39, 0.29) is 71.0 Å². The van der Waals surface area contributed by atoms with Gasteiger partial charge in [0, 0.05) is 65.5 Å². The maximum atomic E-state index is 14.4. The minimum Gasteiger partial charge on any atom is -0.386 e. The SMILES string of the molecule is CC[C@H](C)[C@@H]([C@@H](CC(=O)N1CCC[C@H]1[C@H](OC)[C@@H](C)C(=O)N[C@H](C)[C@@H](O)c1ccccc1)OC)N(C)C(=O)CNC(=O)[C@H](C(C)C)N(C)C(=O)CCN(CCCS(=O)(=O)O)C(=O)c1ccc(C(=O)C(CS(=O)(=O)c2ccc(C)cc2)CS(=O)(=O)c2ccc(C)cc2)cc1. The highest BCUT2D eigenvalue weighted by Crippen LogP contribution is 2.31. The normalized spacial score (nSPS) is 16.3. The van der Waals surface area contributed by atoms with Gasteiger partial charge in [0.05, 0.1) is 88.3 Å². The van der Waals surface area contributed by atoms with Crippen LogP contribution in [-0.2, 0) is 63.2 Å². The zero-order valence-corrected chi connectivity index (χ0v) is 57.8. The zero-order valence-electron chi connectivity index (χ0n) is 55.4. The van der Waals surface area contributed by atoms with Crippen LogP contribution >= 0.6 is 0 Å². The van der Waals surface area contributed by atoms with Crippen molar-refractivity contribution in [2.45, 2.75) is 146 Å². The van der Waals surface area contributed by atoms with Crippen molar-refractivity contribution >= 4 is 71.0 Å². The Kier molecular flexibility index (Phi) is 28.4. The third-order valence-corrected chi connectivity index (χ3v) is 22.0. The van der Waals surface area contributed by atoms with Gasteiger partial charge in [-0.25, -0.2) is 16.8 Å². The van der Waals surface area contributed by atoms with Crippen molar-refractivity contribution in [3.05, 3.63) is 131 Å². The number of nitrogens with zero attached hydrogens (tertiary/aromatic N) is 4. The number of hydrogen-bond acceptors (Lipinski definition) is 16. The lowest BCUT2D eigenvalue weighted by Crippen LogP contribution is -2.56. The Morgan fingerprint density at radius 3 is 1.75 bits per heavy atom. The number of Topliss-reactive ketones (excluding diaryl/α,β-unsaturated/α-hetero) is 1. The highest BCUT2D eigenvalue weighted by atomic mass is 32.2. The third-order valence-electron chi connectivity index (χ3n) is 17.5. The number of hydrogen-bond donors (Lipinski definition) is 4. The maximum absolute atomic E-state index is 14.4. The molecule has 0 spiro atoms. The number of aliphatic hydroxyl groups excluding tert-OH is 1.